The standard InChI is InChI=1S/C34H48O13/c1-31(2,3)27(37)41-16-20-22(44-28(38)32(4,5)6)23(45-29(39)33(7,8)9)24(46-30(40)34(10,11)12)26(42-20)47-25-17-13-14-19(35)18(17)15-21(36)43-25/h13-15,17,20,22-26H,16H2,1-12H3/t17-,20-,22-,23+,24-,25+,26+/m1/s1. The van der Waals surface area contributed by atoms with Gasteiger partial charge in [0.05, 0.1) is 27.6 Å². The summed E-state index contributed by atoms with van der Waals surface area (Å²) in [6, 6.07) is 0. The number of carbonyl (C=O) groups is 6. The molecule has 262 valence electrons. The van der Waals surface area contributed by atoms with Crippen LogP contribution in [-0.2, 0) is 61.9 Å². The Labute approximate surface area is 275 Å². The van der Waals surface area contributed by atoms with Gasteiger partial charge in [0.1, 0.15) is 12.7 Å². The van der Waals surface area contributed by atoms with Crippen molar-refractivity contribution in [1.82, 2.24) is 0 Å². The fourth-order valence-corrected chi connectivity index (χ4v) is 4.35. The molecule has 1 saturated heterocycles. The highest BCUT2D eigenvalue weighted by atomic mass is 16.8. The highest BCUT2D eigenvalue weighted by Crippen LogP contribution is 2.38. The van der Waals surface area contributed by atoms with E-state index in [4.69, 9.17) is 33.2 Å². The first kappa shape index (κ1) is 37.9. The quantitative estimate of drug-likeness (QED) is 0.285. The van der Waals surface area contributed by atoms with Crippen molar-refractivity contribution in [2.75, 3.05) is 6.61 Å². The second-order valence-electron chi connectivity index (χ2n) is 16.0. The molecule has 0 aromatic rings. The Morgan fingerprint density at radius 2 is 1.13 bits per heavy atom. The van der Waals surface area contributed by atoms with Crippen LogP contribution in [0.3, 0.4) is 0 Å². The second-order valence-corrected chi connectivity index (χ2v) is 16.0. The fraction of sp³-hybridized carbons (Fsp3) is 0.706. The van der Waals surface area contributed by atoms with Gasteiger partial charge in [0, 0.05) is 11.6 Å². The normalized spacial score (nSPS) is 28.1. The van der Waals surface area contributed by atoms with Gasteiger partial charge in [-0.05, 0) is 89.2 Å². The maximum Gasteiger partial charge on any atom is 0.333 e. The van der Waals surface area contributed by atoms with Gasteiger partial charge in [-0.25, -0.2) is 4.79 Å². The van der Waals surface area contributed by atoms with E-state index in [0.717, 1.165) is 6.08 Å². The van der Waals surface area contributed by atoms with Crippen molar-refractivity contribution in [2.24, 2.45) is 27.6 Å². The minimum atomic E-state index is -1.64. The lowest BCUT2D eigenvalue weighted by molar-refractivity contribution is -0.341. The molecule has 47 heavy (non-hydrogen) atoms. The van der Waals surface area contributed by atoms with Crippen LogP contribution in [0, 0.1) is 27.6 Å². The molecule has 2 aliphatic heterocycles. The van der Waals surface area contributed by atoms with Crippen LogP contribution in [0.15, 0.2) is 23.8 Å². The molecule has 0 aromatic carbocycles. The smallest absolute Gasteiger partial charge is 0.333 e. The van der Waals surface area contributed by atoms with Crippen LogP contribution < -0.4 is 0 Å². The molecule has 3 aliphatic rings. The molecule has 2 heterocycles. The minimum Gasteiger partial charge on any atom is -0.462 e. The second kappa shape index (κ2) is 13.5. The molecule has 13 nitrogen and oxygen atoms in total. The summed E-state index contributed by atoms with van der Waals surface area (Å²) in [5.74, 6) is -4.85. The number of ether oxygens (including phenoxy) is 7. The van der Waals surface area contributed by atoms with Gasteiger partial charge in [0.2, 0.25) is 12.6 Å². The molecule has 3 rings (SSSR count). The largest absolute Gasteiger partial charge is 0.462 e. The number of hydrogen-bond acceptors (Lipinski definition) is 13. The summed E-state index contributed by atoms with van der Waals surface area (Å²) in [7, 11) is 0. The number of carbonyl (C=O) groups excluding carboxylic acids is 6. The van der Waals surface area contributed by atoms with Gasteiger partial charge in [-0.3, -0.25) is 24.0 Å². The summed E-state index contributed by atoms with van der Waals surface area (Å²) in [6.07, 6.45) is -5.14. The van der Waals surface area contributed by atoms with Gasteiger partial charge in [-0.15, -0.1) is 0 Å². The SMILES string of the molecule is CC(C)(C)C(=O)OC[C@H]1O[C@@H](O[C@@H]2OC(=O)C=C3C(=O)C=C[C@H]32)[C@H](OC(=O)C(C)(C)C)[C@@H](OC(=O)C(C)(C)C)[C@@H]1OC(=O)C(C)(C)C. The molecular weight excluding hydrogens is 616 g/mol. The lowest BCUT2D eigenvalue weighted by Gasteiger charge is -2.46. The molecule has 0 radical (unpaired) electrons. The first-order valence-corrected chi connectivity index (χ1v) is 15.6. The molecule has 0 spiro atoms. The van der Waals surface area contributed by atoms with Crippen LogP contribution in [0.5, 0.6) is 0 Å². The summed E-state index contributed by atoms with van der Waals surface area (Å²) in [4.78, 5) is 77.8. The summed E-state index contributed by atoms with van der Waals surface area (Å²) >= 11 is 0. The summed E-state index contributed by atoms with van der Waals surface area (Å²) in [5.41, 5.74) is -3.93. The van der Waals surface area contributed by atoms with Crippen molar-refractivity contribution in [3.63, 3.8) is 0 Å². The van der Waals surface area contributed by atoms with E-state index in [1.54, 1.807) is 83.1 Å². The number of esters is 5. The zero-order valence-electron chi connectivity index (χ0n) is 29.3. The number of rotatable bonds is 7. The predicted octanol–water partition coefficient (Wildman–Crippen LogP) is 3.76. The van der Waals surface area contributed by atoms with Gasteiger partial charge in [-0.2, -0.15) is 0 Å². The third kappa shape index (κ3) is 9.28. The van der Waals surface area contributed by atoms with Crippen LogP contribution >= 0.6 is 0 Å². The first-order valence-electron chi connectivity index (χ1n) is 15.6. The summed E-state index contributed by atoms with van der Waals surface area (Å²) in [6.45, 7) is 18.9. The molecule has 13 heteroatoms. The Morgan fingerprint density at radius 1 is 0.660 bits per heavy atom. The van der Waals surface area contributed by atoms with E-state index in [9.17, 15) is 28.8 Å². The van der Waals surface area contributed by atoms with Crippen molar-refractivity contribution < 1.29 is 61.9 Å². The fourth-order valence-electron chi connectivity index (χ4n) is 4.35. The summed E-state index contributed by atoms with van der Waals surface area (Å²) in [5, 5.41) is 0. The summed E-state index contributed by atoms with van der Waals surface area (Å²) < 4.78 is 41.2. The minimum absolute atomic E-state index is 0.133. The predicted molar refractivity (Wildman–Crippen MR) is 164 cm³/mol. The molecule has 0 aromatic heterocycles. The number of ketones is 1. The molecule has 0 N–H and O–H groups in total. The average Bonchev–Trinajstić information content (AvgIpc) is 3.28. The maximum absolute atomic E-state index is 13.4. The van der Waals surface area contributed by atoms with Gasteiger partial charge >= 0.3 is 29.8 Å². The lowest BCUT2D eigenvalue weighted by Crippen LogP contribution is -2.65. The van der Waals surface area contributed by atoms with Crippen LogP contribution in [0.2, 0.25) is 0 Å². The van der Waals surface area contributed by atoms with E-state index in [1.807, 2.05) is 0 Å². The Morgan fingerprint density at radius 3 is 1.62 bits per heavy atom. The number of allylic oxidation sites excluding steroid dienone is 1. The highest BCUT2D eigenvalue weighted by Gasteiger charge is 2.56. The van der Waals surface area contributed by atoms with Gasteiger partial charge in [-0.1, -0.05) is 6.08 Å². The molecule has 1 aliphatic carbocycles. The van der Waals surface area contributed by atoms with Crippen LogP contribution in [-0.4, -0.2) is 79.2 Å². The molecule has 0 amide bonds. The topological polar surface area (TPSA) is 167 Å². The Kier molecular flexibility index (Phi) is 10.9. The number of cyclic esters (lactones) is 1. The third-order valence-electron chi connectivity index (χ3n) is 7.31. The number of hydrogen-bond donors (Lipinski definition) is 0. The van der Waals surface area contributed by atoms with Crippen LogP contribution in [0.1, 0.15) is 83.1 Å². The van der Waals surface area contributed by atoms with E-state index in [0.29, 0.717) is 0 Å². The lowest BCUT2D eigenvalue weighted by atomic mass is 9.93. The first-order chi connectivity index (χ1) is 21.3. The van der Waals surface area contributed by atoms with E-state index in [1.165, 1.54) is 12.2 Å². The molecule has 1 fully saturated rings. The molecule has 0 unspecified atom stereocenters. The molecule has 0 saturated carbocycles. The van der Waals surface area contributed by atoms with E-state index < -0.39 is 107 Å². The molecule has 0 bridgehead atoms. The van der Waals surface area contributed by atoms with E-state index in [-0.39, 0.29) is 5.57 Å². The van der Waals surface area contributed by atoms with Crippen molar-refractivity contribution in [1.29, 1.82) is 0 Å². The van der Waals surface area contributed by atoms with Crippen LogP contribution in [0.4, 0.5) is 0 Å². The van der Waals surface area contributed by atoms with Crippen LogP contribution in [0.25, 0.3) is 0 Å². The van der Waals surface area contributed by atoms with Crippen molar-refractivity contribution in [3.05, 3.63) is 23.8 Å². The van der Waals surface area contributed by atoms with Crippen molar-refractivity contribution in [3.8, 4) is 0 Å². The third-order valence-corrected chi connectivity index (χ3v) is 7.31. The van der Waals surface area contributed by atoms with Gasteiger partial charge < -0.3 is 33.2 Å². The average molecular weight is 665 g/mol. The van der Waals surface area contributed by atoms with Crippen molar-refractivity contribution in [2.45, 2.75) is 120 Å². The highest BCUT2D eigenvalue weighted by molar-refractivity contribution is 6.11. The molecular formula is C34H48O13. The Bertz CT molecular complexity index is 1330. The van der Waals surface area contributed by atoms with Gasteiger partial charge in [0.15, 0.2) is 24.1 Å². The Hall–Kier alpha value is -3.58. The Balaban J connectivity index is 2.16. The number of fused-ring (bicyclic) bond motifs is 1. The van der Waals surface area contributed by atoms with Gasteiger partial charge in [0.25, 0.3) is 0 Å². The maximum atomic E-state index is 13.4. The van der Waals surface area contributed by atoms with E-state index >= 15 is 0 Å². The van der Waals surface area contributed by atoms with Crippen molar-refractivity contribution >= 4 is 35.6 Å². The zero-order chi connectivity index (χ0) is 35.9. The molecule has 7 atom stereocenters. The zero-order valence-corrected chi connectivity index (χ0v) is 29.3. The monoisotopic (exact) mass is 664 g/mol. The van der Waals surface area contributed by atoms with E-state index in [2.05, 4.69) is 0 Å².